The Kier molecular flexibility index (Phi) is 14.6. The van der Waals surface area contributed by atoms with Crippen LogP contribution in [0, 0.1) is 17.8 Å². The molecule has 6 aromatic rings. The molecule has 0 aromatic heterocycles. The van der Waals surface area contributed by atoms with Gasteiger partial charge in [0.2, 0.25) is 11.8 Å². The van der Waals surface area contributed by atoms with Crippen LogP contribution in [0.5, 0.6) is 17.2 Å². The Morgan fingerprint density at radius 3 is 2.10 bits per heavy atom. The van der Waals surface area contributed by atoms with Crippen LogP contribution in [0.25, 0.3) is 0 Å². The Bertz CT molecular complexity index is 3280. The summed E-state index contributed by atoms with van der Waals surface area (Å²) in [6.45, 7) is 1.88. The number of aliphatic hydroxyl groups excluding tert-OH is 1. The fraction of sp³-hybridized carbons (Fsp3) is 0.344. The number of methoxy groups -OCH3 is 2. The SMILES string of the molecule is COc1cc2c(cc1OC)CN(C(=O)[C@H]1[C@@H]3C(=O)O[C@@H](c4ccccc4)[C@@H](c4ccccc4)N3[C@@H](c3cccc(OCCO)c3)[C@]13C(=O)N(C(=O)N[C@H](C)c1ccccc1)c1ccc(C#CC4(O)CCCCCC4)cc13)CC2. The minimum Gasteiger partial charge on any atom is -0.493 e. The first-order valence-corrected chi connectivity index (χ1v) is 27.0. The van der Waals surface area contributed by atoms with Crippen molar-refractivity contribution in [3.05, 3.63) is 190 Å². The molecule has 0 bridgehead atoms. The predicted octanol–water partition coefficient (Wildman–Crippen LogP) is 9.23. The molecule has 14 heteroatoms. The van der Waals surface area contributed by atoms with E-state index >= 15 is 19.2 Å². The number of benzene rings is 6. The molecule has 3 N–H and O–H groups in total. The Morgan fingerprint density at radius 1 is 0.769 bits per heavy atom. The monoisotopic (exact) mass is 1050 g/mol. The van der Waals surface area contributed by atoms with Crippen LogP contribution < -0.4 is 24.4 Å². The number of hydrogen-bond donors (Lipinski definition) is 3. The van der Waals surface area contributed by atoms with Gasteiger partial charge >= 0.3 is 12.0 Å². The average Bonchev–Trinajstić information content (AvgIpc) is 3.14. The van der Waals surface area contributed by atoms with Crippen LogP contribution in [0.2, 0.25) is 0 Å². The Labute approximate surface area is 454 Å². The van der Waals surface area contributed by atoms with Gasteiger partial charge < -0.3 is 39.4 Å². The molecule has 7 atom stereocenters. The second-order valence-corrected chi connectivity index (χ2v) is 21.0. The normalized spacial score (nSPS) is 23.6. The van der Waals surface area contributed by atoms with Gasteiger partial charge in [0.15, 0.2) is 11.5 Å². The second-order valence-electron chi connectivity index (χ2n) is 21.0. The van der Waals surface area contributed by atoms with Gasteiger partial charge in [0.25, 0.3) is 0 Å². The molecule has 1 aliphatic carbocycles. The number of fused-ring (bicyclic) bond motifs is 4. The number of anilines is 1. The molecule has 4 amide bonds. The van der Waals surface area contributed by atoms with Gasteiger partial charge in [-0.25, -0.2) is 9.69 Å². The maximum Gasteiger partial charge on any atom is 0.329 e. The smallest absolute Gasteiger partial charge is 0.329 e. The number of aliphatic hydroxyl groups is 2. The molecular weight excluding hydrogens is 985 g/mol. The Morgan fingerprint density at radius 2 is 1.42 bits per heavy atom. The topological polar surface area (TPSA) is 167 Å². The van der Waals surface area contributed by atoms with Crippen molar-refractivity contribution in [3.8, 4) is 29.1 Å². The number of imide groups is 1. The van der Waals surface area contributed by atoms with E-state index in [4.69, 9.17) is 18.9 Å². The number of cyclic esters (lactones) is 1. The third kappa shape index (κ3) is 9.33. The number of hydrogen-bond acceptors (Lipinski definition) is 11. The summed E-state index contributed by atoms with van der Waals surface area (Å²) in [5, 5.41) is 25.0. The van der Waals surface area contributed by atoms with Gasteiger partial charge in [-0.05, 0) is 120 Å². The summed E-state index contributed by atoms with van der Waals surface area (Å²) < 4.78 is 24.3. The molecule has 1 spiro atoms. The molecule has 1 saturated carbocycles. The van der Waals surface area contributed by atoms with E-state index in [0.29, 0.717) is 58.8 Å². The molecule has 2 saturated heterocycles. The first-order chi connectivity index (χ1) is 38.0. The zero-order valence-corrected chi connectivity index (χ0v) is 44.1. The highest BCUT2D eigenvalue weighted by atomic mass is 16.6. The number of urea groups is 1. The van der Waals surface area contributed by atoms with E-state index in [9.17, 15) is 10.2 Å². The zero-order chi connectivity index (χ0) is 54.1. The minimum atomic E-state index is -2.08. The standard InChI is InChI=1S/C64H64N4O10/c1-41(43-18-9-6-10-19-43)65-62(73)67-51-27-26-42(28-32-63(74)30-15-4-5-16-31-63)36-50(51)64(61(67)72)54(59(70)66-33-29-46-38-52(75-2)53(76-3)39-48(46)40-66)56-60(71)78-57(45-22-13-8-14-23-45)55(44-20-11-7-12-21-44)68(56)58(64)47-24-17-25-49(37-47)77-35-34-69/h6-14,17-27,36-39,41,54-58,69,74H,4-5,15-16,29-31,33-35,40H2,1-3H3,(H,65,73)/t41-,54-,55-,56-,57+,58+,64-/m1/s1. The summed E-state index contributed by atoms with van der Waals surface area (Å²) in [4.78, 5) is 70.1. The lowest BCUT2D eigenvalue weighted by atomic mass is 9.64. The van der Waals surface area contributed by atoms with Crippen molar-refractivity contribution in [2.24, 2.45) is 5.92 Å². The van der Waals surface area contributed by atoms with Crippen molar-refractivity contribution in [3.63, 3.8) is 0 Å². The highest BCUT2D eigenvalue weighted by molar-refractivity contribution is 6.24. The Hall–Kier alpha value is -7.96. The maximum atomic E-state index is 17.1. The van der Waals surface area contributed by atoms with Crippen LogP contribution >= 0.6 is 0 Å². The van der Waals surface area contributed by atoms with Crippen LogP contribution in [-0.2, 0) is 37.5 Å². The van der Waals surface area contributed by atoms with Gasteiger partial charge in [0.05, 0.1) is 50.6 Å². The van der Waals surface area contributed by atoms with Crippen LogP contribution in [0.1, 0.15) is 114 Å². The van der Waals surface area contributed by atoms with Crippen molar-refractivity contribution in [1.82, 2.24) is 15.1 Å². The second kappa shape index (κ2) is 21.8. The fourth-order valence-corrected chi connectivity index (χ4v) is 12.9. The average molecular weight is 1050 g/mol. The highest BCUT2D eigenvalue weighted by Crippen LogP contribution is 2.66. The summed E-state index contributed by atoms with van der Waals surface area (Å²) in [5.74, 6) is 4.47. The van der Waals surface area contributed by atoms with E-state index in [1.807, 2.05) is 121 Å². The Balaban J connectivity index is 1.19. The molecule has 4 aliphatic heterocycles. The van der Waals surface area contributed by atoms with Gasteiger partial charge in [-0.15, -0.1) is 0 Å². The fourth-order valence-electron chi connectivity index (χ4n) is 12.9. The number of morpholine rings is 1. The highest BCUT2D eigenvalue weighted by Gasteiger charge is 2.76. The molecule has 6 aromatic carbocycles. The van der Waals surface area contributed by atoms with Gasteiger partial charge in [-0.1, -0.05) is 128 Å². The molecule has 3 fully saturated rings. The van der Waals surface area contributed by atoms with Crippen LogP contribution in [-0.4, -0.2) is 89.4 Å². The number of amides is 4. The number of ether oxygens (including phenoxy) is 4. The van der Waals surface area contributed by atoms with E-state index < -0.39 is 71.0 Å². The maximum absolute atomic E-state index is 17.1. The number of nitrogens with zero attached hydrogens (tertiary/aromatic N) is 3. The summed E-state index contributed by atoms with van der Waals surface area (Å²) in [6, 6.07) is 40.0. The van der Waals surface area contributed by atoms with Crippen LogP contribution in [0.15, 0.2) is 146 Å². The lowest BCUT2D eigenvalue weighted by molar-refractivity contribution is -0.179. The first-order valence-electron chi connectivity index (χ1n) is 27.0. The predicted molar refractivity (Wildman–Crippen MR) is 293 cm³/mol. The molecule has 4 heterocycles. The van der Waals surface area contributed by atoms with E-state index in [-0.39, 0.29) is 32.0 Å². The molecule has 0 radical (unpaired) electrons. The van der Waals surface area contributed by atoms with Crippen molar-refractivity contribution in [2.75, 3.05) is 38.9 Å². The molecule has 14 nitrogen and oxygen atoms in total. The van der Waals surface area contributed by atoms with Crippen molar-refractivity contribution in [1.29, 1.82) is 0 Å². The molecular formula is C64H64N4O10. The first kappa shape index (κ1) is 52.1. The quantitative estimate of drug-likeness (QED) is 0.0643. The third-order valence-corrected chi connectivity index (χ3v) is 16.5. The minimum absolute atomic E-state index is 0.0292. The molecule has 78 heavy (non-hydrogen) atoms. The molecule has 400 valence electrons. The number of carbonyl (C=O) groups excluding carboxylic acids is 4. The van der Waals surface area contributed by atoms with Crippen molar-refractivity contribution in [2.45, 2.75) is 99.7 Å². The summed E-state index contributed by atoms with van der Waals surface area (Å²) in [5.41, 5.74) is 2.19. The van der Waals surface area contributed by atoms with E-state index in [0.717, 1.165) is 52.8 Å². The van der Waals surface area contributed by atoms with Crippen LogP contribution in [0.3, 0.4) is 0 Å². The lowest BCUT2D eigenvalue weighted by Gasteiger charge is -2.46. The zero-order valence-electron chi connectivity index (χ0n) is 44.1. The van der Waals surface area contributed by atoms with E-state index in [1.165, 1.54) is 0 Å². The number of nitrogens with one attached hydrogen (secondary N) is 1. The van der Waals surface area contributed by atoms with E-state index in [2.05, 4.69) is 17.2 Å². The largest absolute Gasteiger partial charge is 0.493 e. The summed E-state index contributed by atoms with van der Waals surface area (Å²) in [7, 11) is 3.13. The number of carbonyl (C=O) groups is 4. The van der Waals surface area contributed by atoms with Gasteiger partial charge in [-0.2, -0.15) is 0 Å². The van der Waals surface area contributed by atoms with Crippen LogP contribution in [0.4, 0.5) is 10.5 Å². The summed E-state index contributed by atoms with van der Waals surface area (Å²) >= 11 is 0. The molecule has 11 rings (SSSR count). The number of esters is 1. The number of rotatable bonds is 11. The lowest BCUT2D eigenvalue weighted by Crippen LogP contribution is -2.57. The van der Waals surface area contributed by atoms with Crippen molar-refractivity contribution >= 4 is 29.5 Å². The third-order valence-electron chi connectivity index (χ3n) is 16.5. The van der Waals surface area contributed by atoms with Gasteiger partial charge in [0.1, 0.15) is 35.5 Å². The molecule has 0 unspecified atom stereocenters. The van der Waals surface area contributed by atoms with Gasteiger partial charge in [0, 0.05) is 18.7 Å². The van der Waals surface area contributed by atoms with Gasteiger partial charge in [-0.3, -0.25) is 19.3 Å². The van der Waals surface area contributed by atoms with E-state index in [1.54, 1.807) is 55.5 Å². The van der Waals surface area contributed by atoms with Crippen molar-refractivity contribution < 1.29 is 48.3 Å². The molecule has 5 aliphatic rings. The summed E-state index contributed by atoms with van der Waals surface area (Å²) in [6.07, 6.45) is 4.15.